The molecule has 1 fully saturated rings. The van der Waals surface area contributed by atoms with Gasteiger partial charge in [-0.3, -0.25) is 14.3 Å². The molecular weight excluding hydrogens is 322 g/mol. The number of hydrogen-bond acceptors (Lipinski definition) is 5. The lowest BCUT2D eigenvalue weighted by molar-refractivity contribution is -0.122. The zero-order chi connectivity index (χ0) is 18.1. The van der Waals surface area contributed by atoms with Gasteiger partial charge >= 0.3 is 0 Å². The highest BCUT2D eigenvalue weighted by Gasteiger charge is 2.33. The van der Waals surface area contributed by atoms with Gasteiger partial charge < -0.3 is 21.1 Å². The summed E-state index contributed by atoms with van der Waals surface area (Å²) in [5.41, 5.74) is 6.46. The summed E-state index contributed by atoms with van der Waals surface area (Å²) in [5, 5.41) is 9.69. The molecule has 0 saturated heterocycles. The van der Waals surface area contributed by atoms with Gasteiger partial charge in [0.05, 0.1) is 18.5 Å². The third kappa shape index (κ3) is 6.13. The van der Waals surface area contributed by atoms with Crippen LogP contribution in [0.25, 0.3) is 0 Å². The van der Waals surface area contributed by atoms with Crippen LogP contribution in [0.5, 0.6) is 0 Å². The highest BCUT2D eigenvalue weighted by atomic mass is 16.5. The first-order valence-corrected chi connectivity index (χ1v) is 8.85. The molecule has 0 aliphatic heterocycles. The maximum Gasteiger partial charge on any atom is 0.241 e. The van der Waals surface area contributed by atoms with E-state index in [1.54, 1.807) is 19.5 Å². The first-order valence-electron chi connectivity index (χ1n) is 8.85. The Hall–Kier alpha value is -1.93. The fraction of sp³-hybridized carbons (Fsp3) is 0.706. The van der Waals surface area contributed by atoms with E-state index in [2.05, 4.69) is 15.7 Å². The van der Waals surface area contributed by atoms with Gasteiger partial charge in [-0.05, 0) is 24.8 Å². The molecule has 1 aromatic heterocycles. The van der Waals surface area contributed by atoms with Crippen molar-refractivity contribution in [2.24, 2.45) is 11.1 Å². The third-order valence-electron chi connectivity index (χ3n) is 4.73. The Morgan fingerprint density at radius 1 is 1.32 bits per heavy atom. The van der Waals surface area contributed by atoms with Crippen molar-refractivity contribution in [3.63, 3.8) is 0 Å². The molecule has 2 rings (SSSR count). The molecule has 0 aromatic carbocycles. The summed E-state index contributed by atoms with van der Waals surface area (Å²) in [7, 11) is 1.58. The summed E-state index contributed by atoms with van der Waals surface area (Å²) in [5.74, 6) is -0.196. The van der Waals surface area contributed by atoms with Crippen LogP contribution in [0.3, 0.4) is 0 Å². The predicted molar refractivity (Wildman–Crippen MR) is 94.9 cm³/mol. The van der Waals surface area contributed by atoms with Crippen LogP contribution in [0.4, 0.5) is 5.69 Å². The lowest BCUT2D eigenvalue weighted by Gasteiger charge is -2.35. The summed E-state index contributed by atoms with van der Waals surface area (Å²) in [6.45, 7) is 1.57. The highest BCUT2D eigenvalue weighted by molar-refractivity contribution is 5.91. The summed E-state index contributed by atoms with van der Waals surface area (Å²) in [6.07, 6.45) is 9.17. The first kappa shape index (κ1) is 19.4. The Labute approximate surface area is 148 Å². The number of nitrogens with one attached hydrogen (secondary N) is 2. The lowest BCUT2D eigenvalue weighted by Crippen LogP contribution is -2.36. The Morgan fingerprint density at radius 3 is 2.76 bits per heavy atom. The second-order valence-corrected chi connectivity index (χ2v) is 6.76. The molecular formula is C17H29N5O3. The summed E-state index contributed by atoms with van der Waals surface area (Å²) < 4.78 is 6.37. The number of nitrogens with zero attached hydrogens (tertiary/aromatic N) is 2. The van der Waals surface area contributed by atoms with Crippen molar-refractivity contribution in [3.05, 3.63) is 12.4 Å². The van der Waals surface area contributed by atoms with Gasteiger partial charge in [0.15, 0.2) is 0 Å². The van der Waals surface area contributed by atoms with Crippen LogP contribution in [0.2, 0.25) is 0 Å². The monoisotopic (exact) mass is 351 g/mol. The SMILES string of the molecule is COCCNC(=O)Cn1cc(NC(=O)CC2(CN)CCCCC2)cn1. The van der Waals surface area contributed by atoms with E-state index in [-0.39, 0.29) is 23.8 Å². The quantitative estimate of drug-likeness (QED) is 0.572. The molecule has 8 heteroatoms. The Kier molecular flexibility index (Phi) is 7.39. The summed E-state index contributed by atoms with van der Waals surface area (Å²) in [4.78, 5) is 24.1. The fourth-order valence-corrected chi connectivity index (χ4v) is 3.31. The van der Waals surface area contributed by atoms with Gasteiger partial charge in [0.25, 0.3) is 0 Å². The molecule has 0 spiro atoms. The predicted octanol–water partition coefficient (Wildman–Crippen LogP) is 0.884. The smallest absolute Gasteiger partial charge is 0.241 e. The minimum absolute atomic E-state index is 0.0450. The van der Waals surface area contributed by atoms with Crippen LogP contribution < -0.4 is 16.4 Å². The molecule has 1 aromatic rings. The van der Waals surface area contributed by atoms with E-state index in [4.69, 9.17) is 10.5 Å². The van der Waals surface area contributed by atoms with E-state index < -0.39 is 0 Å². The molecule has 1 aliphatic rings. The fourth-order valence-electron chi connectivity index (χ4n) is 3.31. The summed E-state index contributed by atoms with van der Waals surface area (Å²) >= 11 is 0. The molecule has 1 saturated carbocycles. The number of carbonyl (C=O) groups excluding carboxylic acids is 2. The highest BCUT2D eigenvalue weighted by Crippen LogP contribution is 2.38. The number of carbonyl (C=O) groups is 2. The second kappa shape index (κ2) is 9.53. The van der Waals surface area contributed by atoms with Crippen molar-refractivity contribution < 1.29 is 14.3 Å². The maximum atomic E-state index is 12.4. The van der Waals surface area contributed by atoms with E-state index in [1.165, 1.54) is 11.1 Å². The van der Waals surface area contributed by atoms with Crippen LogP contribution in [0.1, 0.15) is 38.5 Å². The number of ether oxygens (including phenoxy) is 1. The molecule has 0 unspecified atom stereocenters. The van der Waals surface area contributed by atoms with E-state index in [0.29, 0.717) is 31.8 Å². The van der Waals surface area contributed by atoms with Crippen LogP contribution in [-0.4, -0.2) is 48.4 Å². The second-order valence-electron chi connectivity index (χ2n) is 6.76. The molecule has 0 atom stereocenters. The van der Waals surface area contributed by atoms with E-state index in [9.17, 15) is 9.59 Å². The Bertz CT molecular complexity index is 566. The number of anilines is 1. The van der Waals surface area contributed by atoms with E-state index >= 15 is 0 Å². The molecule has 8 nitrogen and oxygen atoms in total. The average molecular weight is 351 g/mol. The van der Waals surface area contributed by atoms with Crippen molar-refractivity contribution in [1.29, 1.82) is 0 Å². The third-order valence-corrected chi connectivity index (χ3v) is 4.73. The number of rotatable bonds is 9. The van der Waals surface area contributed by atoms with Gasteiger partial charge in [-0.1, -0.05) is 19.3 Å². The van der Waals surface area contributed by atoms with E-state index in [1.807, 2.05) is 0 Å². The molecule has 1 heterocycles. The van der Waals surface area contributed by atoms with Crippen LogP contribution in [-0.2, 0) is 20.9 Å². The molecule has 2 amide bonds. The number of nitrogens with two attached hydrogens (primary N) is 1. The standard InChI is InChI=1S/C17H29N5O3/c1-25-8-7-19-16(24)12-22-11-14(10-20-22)21-15(23)9-17(13-18)5-3-2-4-6-17/h10-11H,2-9,12-13,18H2,1H3,(H,19,24)(H,21,23). The normalized spacial score (nSPS) is 16.4. The van der Waals surface area contributed by atoms with Crippen molar-refractivity contribution in [2.45, 2.75) is 45.1 Å². The van der Waals surface area contributed by atoms with Crippen molar-refractivity contribution in [2.75, 3.05) is 32.1 Å². The van der Waals surface area contributed by atoms with Gasteiger partial charge in [0, 0.05) is 26.3 Å². The Morgan fingerprint density at radius 2 is 2.08 bits per heavy atom. The van der Waals surface area contributed by atoms with Gasteiger partial charge in [0.1, 0.15) is 6.54 Å². The van der Waals surface area contributed by atoms with Crippen LogP contribution in [0, 0.1) is 5.41 Å². The zero-order valence-electron chi connectivity index (χ0n) is 14.9. The first-order chi connectivity index (χ1) is 12.1. The number of methoxy groups -OCH3 is 1. The molecule has 140 valence electrons. The number of aromatic nitrogens is 2. The van der Waals surface area contributed by atoms with Gasteiger partial charge in [-0.25, -0.2) is 0 Å². The molecule has 4 N–H and O–H groups in total. The van der Waals surface area contributed by atoms with Crippen LogP contribution in [0.15, 0.2) is 12.4 Å². The van der Waals surface area contributed by atoms with E-state index in [0.717, 1.165) is 25.7 Å². The largest absolute Gasteiger partial charge is 0.383 e. The molecule has 0 radical (unpaired) electrons. The van der Waals surface area contributed by atoms with Crippen molar-refractivity contribution in [3.8, 4) is 0 Å². The van der Waals surface area contributed by atoms with Crippen molar-refractivity contribution in [1.82, 2.24) is 15.1 Å². The van der Waals surface area contributed by atoms with Crippen molar-refractivity contribution >= 4 is 17.5 Å². The minimum atomic E-state index is -0.151. The van der Waals surface area contributed by atoms with Gasteiger partial charge in [-0.2, -0.15) is 5.10 Å². The molecule has 0 bridgehead atoms. The topological polar surface area (TPSA) is 111 Å². The molecule has 1 aliphatic carbocycles. The van der Waals surface area contributed by atoms with Gasteiger partial charge in [-0.15, -0.1) is 0 Å². The maximum absolute atomic E-state index is 12.4. The summed E-state index contributed by atoms with van der Waals surface area (Å²) in [6, 6.07) is 0. The molecule has 25 heavy (non-hydrogen) atoms. The average Bonchev–Trinajstić information content (AvgIpc) is 3.02. The minimum Gasteiger partial charge on any atom is -0.383 e. The van der Waals surface area contributed by atoms with Crippen LogP contribution >= 0.6 is 0 Å². The Balaban J connectivity index is 1.81. The number of amides is 2. The van der Waals surface area contributed by atoms with Gasteiger partial charge in [0.2, 0.25) is 11.8 Å². The number of hydrogen-bond donors (Lipinski definition) is 3. The lowest BCUT2D eigenvalue weighted by atomic mass is 9.71. The zero-order valence-corrected chi connectivity index (χ0v) is 14.9.